The summed E-state index contributed by atoms with van der Waals surface area (Å²) in [6.07, 6.45) is 3.17. The van der Waals surface area contributed by atoms with Crippen molar-refractivity contribution in [1.29, 1.82) is 0 Å². The second-order valence-corrected chi connectivity index (χ2v) is 6.23. The van der Waals surface area contributed by atoms with Crippen molar-refractivity contribution < 1.29 is 0 Å². The molecule has 1 saturated carbocycles. The number of hydrogen-bond acceptors (Lipinski definition) is 5. The van der Waals surface area contributed by atoms with E-state index >= 15 is 0 Å². The van der Waals surface area contributed by atoms with E-state index in [1.165, 1.54) is 6.42 Å². The molecule has 1 fully saturated rings. The zero-order valence-corrected chi connectivity index (χ0v) is 11.9. The van der Waals surface area contributed by atoms with Crippen LogP contribution in [0.4, 0.5) is 5.95 Å². The highest BCUT2D eigenvalue weighted by Crippen LogP contribution is 2.36. The molecule has 0 bridgehead atoms. The van der Waals surface area contributed by atoms with E-state index in [-0.39, 0.29) is 11.0 Å². The van der Waals surface area contributed by atoms with Gasteiger partial charge in [0.2, 0.25) is 5.95 Å². The first kappa shape index (κ1) is 13.7. The Morgan fingerprint density at radius 1 is 1.42 bits per heavy atom. The summed E-state index contributed by atoms with van der Waals surface area (Å²) < 4.78 is 0. The van der Waals surface area contributed by atoms with Crippen molar-refractivity contribution in [3.63, 3.8) is 0 Å². The van der Waals surface area contributed by atoms with Crippen LogP contribution in [0.3, 0.4) is 0 Å². The molecule has 0 amide bonds. The fourth-order valence-electron chi connectivity index (χ4n) is 2.78. The molecule has 1 heterocycles. The van der Waals surface area contributed by atoms with Crippen LogP contribution in [-0.2, 0) is 0 Å². The third-order valence-corrected chi connectivity index (χ3v) is 3.35. The van der Waals surface area contributed by atoms with E-state index in [1.807, 2.05) is 0 Å². The van der Waals surface area contributed by atoms with Gasteiger partial charge in [0.15, 0.2) is 0 Å². The lowest BCUT2D eigenvalue weighted by atomic mass is 9.72. The molecule has 0 saturated heterocycles. The summed E-state index contributed by atoms with van der Waals surface area (Å²) in [5.74, 6) is 0.923. The summed E-state index contributed by atoms with van der Waals surface area (Å²) in [4.78, 5) is 14.0. The highest BCUT2D eigenvalue weighted by Gasteiger charge is 2.29. The molecule has 1 aromatic heterocycles. The van der Waals surface area contributed by atoms with Crippen LogP contribution >= 0.6 is 0 Å². The first-order chi connectivity index (χ1) is 8.85. The molecule has 1 aliphatic carbocycles. The quantitative estimate of drug-likeness (QED) is 0.800. The molecule has 2 N–H and O–H groups in total. The van der Waals surface area contributed by atoms with Gasteiger partial charge < -0.3 is 0 Å². The van der Waals surface area contributed by atoms with Gasteiger partial charge in [-0.05, 0) is 37.5 Å². The zero-order valence-electron chi connectivity index (χ0n) is 11.9. The van der Waals surface area contributed by atoms with Gasteiger partial charge in [0.25, 0.3) is 5.56 Å². The fraction of sp³-hybridized carbons (Fsp3) is 0.692. The lowest BCUT2D eigenvalue weighted by Crippen LogP contribution is -2.28. The highest BCUT2D eigenvalue weighted by atomic mass is 16.1. The maximum Gasteiger partial charge on any atom is 0.274 e. The molecule has 1 aromatic rings. The monoisotopic (exact) mass is 263 g/mol. The summed E-state index contributed by atoms with van der Waals surface area (Å²) >= 11 is 0. The molecule has 0 aromatic carbocycles. The summed E-state index contributed by atoms with van der Waals surface area (Å²) in [6, 6.07) is 0. The molecule has 1 aliphatic rings. The molecule has 6 heteroatoms. The van der Waals surface area contributed by atoms with Crippen molar-refractivity contribution >= 4 is 11.7 Å². The Kier molecular flexibility index (Phi) is 3.68. The molecule has 19 heavy (non-hydrogen) atoms. The zero-order chi connectivity index (χ0) is 14.0. The Bertz CT molecular complexity index is 546. The van der Waals surface area contributed by atoms with Gasteiger partial charge in [0.05, 0.1) is 0 Å². The lowest BCUT2D eigenvalue weighted by molar-refractivity contribution is 0.266. The van der Waals surface area contributed by atoms with Crippen LogP contribution in [0.5, 0.6) is 0 Å². The predicted octanol–water partition coefficient (Wildman–Crippen LogP) is 2.09. The summed E-state index contributed by atoms with van der Waals surface area (Å²) in [5, 5.41) is 12.0. The summed E-state index contributed by atoms with van der Waals surface area (Å²) in [7, 11) is 0. The molecule has 0 aliphatic heterocycles. The Morgan fingerprint density at radius 2 is 2.16 bits per heavy atom. The largest absolute Gasteiger partial charge is 0.288 e. The maximum absolute atomic E-state index is 11.4. The Labute approximate surface area is 112 Å². The smallest absolute Gasteiger partial charge is 0.274 e. The van der Waals surface area contributed by atoms with E-state index in [0.29, 0.717) is 17.6 Å². The van der Waals surface area contributed by atoms with Crippen molar-refractivity contribution in [2.45, 2.75) is 47.0 Å². The number of aryl methyl sites for hydroxylation is 1. The van der Waals surface area contributed by atoms with Crippen LogP contribution in [0.25, 0.3) is 0 Å². The highest BCUT2D eigenvalue weighted by molar-refractivity contribution is 5.86. The minimum Gasteiger partial charge on any atom is -0.288 e. The van der Waals surface area contributed by atoms with Gasteiger partial charge in [-0.3, -0.25) is 9.78 Å². The van der Waals surface area contributed by atoms with Crippen molar-refractivity contribution in [2.75, 3.05) is 5.43 Å². The van der Waals surface area contributed by atoms with Crippen LogP contribution in [0.15, 0.2) is 9.90 Å². The fourth-order valence-corrected chi connectivity index (χ4v) is 2.78. The minimum absolute atomic E-state index is 0.241. The van der Waals surface area contributed by atoms with E-state index in [4.69, 9.17) is 0 Å². The summed E-state index contributed by atoms with van der Waals surface area (Å²) in [5.41, 5.74) is 4.31. The van der Waals surface area contributed by atoms with E-state index in [9.17, 15) is 4.79 Å². The van der Waals surface area contributed by atoms with Gasteiger partial charge in [0, 0.05) is 5.71 Å². The number of aromatic amines is 1. The number of H-pyrrole nitrogens is 1. The van der Waals surface area contributed by atoms with Crippen LogP contribution in [0, 0.1) is 18.3 Å². The van der Waals surface area contributed by atoms with E-state index < -0.39 is 0 Å². The van der Waals surface area contributed by atoms with Crippen LogP contribution in [0.1, 0.15) is 45.7 Å². The maximum atomic E-state index is 11.4. The van der Waals surface area contributed by atoms with Gasteiger partial charge in [-0.1, -0.05) is 20.8 Å². The molecule has 104 valence electrons. The van der Waals surface area contributed by atoms with Gasteiger partial charge in [0.1, 0.15) is 5.69 Å². The third-order valence-electron chi connectivity index (χ3n) is 3.35. The van der Waals surface area contributed by atoms with E-state index in [0.717, 1.165) is 18.6 Å². The number of nitrogens with one attached hydrogen (secondary N) is 2. The standard InChI is InChI=1S/C13H21N5O/c1-8-5-10(7-13(3,4)6-8)16-18-12-14-11(19)9(2)15-17-12/h8H,5-7H2,1-4H3,(H2,14,17,18,19)/b16-10-/t8-/m0/s1. The molecule has 6 nitrogen and oxygen atoms in total. The molecule has 0 unspecified atom stereocenters. The van der Waals surface area contributed by atoms with Crippen molar-refractivity contribution in [1.82, 2.24) is 15.2 Å². The first-order valence-corrected chi connectivity index (χ1v) is 6.61. The van der Waals surface area contributed by atoms with Gasteiger partial charge in [-0.25, -0.2) is 5.43 Å². The van der Waals surface area contributed by atoms with Crippen LogP contribution in [-0.4, -0.2) is 20.9 Å². The molecule has 1 atom stereocenters. The average Bonchev–Trinajstić information content (AvgIpc) is 2.28. The van der Waals surface area contributed by atoms with Crippen molar-refractivity contribution in [2.24, 2.45) is 16.4 Å². The van der Waals surface area contributed by atoms with Crippen molar-refractivity contribution in [3.8, 4) is 0 Å². The molecule has 2 rings (SSSR count). The van der Waals surface area contributed by atoms with Crippen molar-refractivity contribution in [3.05, 3.63) is 16.0 Å². The molecular formula is C13H21N5O. The average molecular weight is 263 g/mol. The minimum atomic E-state index is -0.241. The molecule has 0 radical (unpaired) electrons. The molecule has 0 spiro atoms. The Balaban J connectivity index is 2.09. The number of anilines is 1. The van der Waals surface area contributed by atoms with Crippen LogP contribution < -0.4 is 11.0 Å². The van der Waals surface area contributed by atoms with E-state index in [1.54, 1.807) is 6.92 Å². The number of hydrogen-bond donors (Lipinski definition) is 2. The normalized spacial score (nSPS) is 24.4. The first-order valence-electron chi connectivity index (χ1n) is 6.61. The van der Waals surface area contributed by atoms with Crippen LogP contribution in [0.2, 0.25) is 0 Å². The number of rotatable bonds is 2. The lowest BCUT2D eigenvalue weighted by Gasteiger charge is -2.34. The number of nitrogens with zero attached hydrogens (tertiary/aromatic N) is 3. The summed E-state index contributed by atoms with van der Waals surface area (Å²) in [6.45, 7) is 8.37. The molecular weight excluding hydrogens is 242 g/mol. The van der Waals surface area contributed by atoms with Gasteiger partial charge in [-0.2, -0.15) is 5.10 Å². The Morgan fingerprint density at radius 3 is 2.79 bits per heavy atom. The van der Waals surface area contributed by atoms with E-state index in [2.05, 4.69) is 46.5 Å². The van der Waals surface area contributed by atoms with Gasteiger partial charge in [-0.15, -0.1) is 10.2 Å². The number of aromatic nitrogens is 3. The SMILES string of the molecule is Cc1nnc(N/N=C2/C[C@H](C)CC(C)(C)C2)[nH]c1=O. The Hall–Kier alpha value is -1.72. The van der Waals surface area contributed by atoms with Gasteiger partial charge >= 0.3 is 0 Å². The number of hydrazone groups is 1. The topological polar surface area (TPSA) is 83.0 Å². The third kappa shape index (κ3) is 3.62. The second kappa shape index (κ2) is 5.11. The second-order valence-electron chi connectivity index (χ2n) is 6.23. The predicted molar refractivity (Wildman–Crippen MR) is 75.2 cm³/mol.